The van der Waals surface area contributed by atoms with E-state index in [1.807, 2.05) is 0 Å². The lowest BCUT2D eigenvalue weighted by Gasteiger charge is -2.09. The maximum Gasteiger partial charge on any atom is 0.431 e. The molecule has 1 N–H and O–H groups in total. The molecule has 0 radical (unpaired) electrons. The molecule has 0 aliphatic carbocycles. The van der Waals surface area contributed by atoms with E-state index in [1.165, 1.54) is 0 Å². The largest absolute Gasteiger partial charge is 0.431 e. The van der Waals surface area contributed by atoms with Crippen LogP contribution in [0.1, 0.15) is 17.8 Å². The van der Waals surface area contributed by atoms with Crippen molar-refractivity contribution < 1.29 is 26.3 Å². The van der Waals surface area contributed by atoms with Crippen LogP contribution in [-0.2, 0) is 6.18 Å². The molecule has 0 atom stereocenters. The van der Waals surface area contributed by atoms with Gasteiger partial charge in [-0.25, -0.2) is 13.2 Å². The predicted octanol–water partition coefficient (Wildman–Crippen LogP) is 2.47. The summed E-state index contributed by atoms with van der Waals surface area (Å²) < 4.78 is 72.6. The van der Waals surface area contributed by atoms with Gasteiger partial charge in [-0.05, 0) is 0 Å². The van der Waals surface area contributed by atoms with Crippen molar-refractivity contribution >= 4 is 0 Å². The standard InChI is InChI=1S/C7H3F6NO/c8-4-2(15)1-3(7(11,12)13)14-5(4)6(9)10/h1,6H,(H,14,15). The third-order valence-corrected chi connectivity index (χ3v) is 1.52. The number of rotatable bonds is 1. The zero-order valence-corrected chi connectivity index (χ0v) is 6.83. The van der Waals surface area contributed by atoms with E-state index in [-0.39, 0.29) is 6.07 Å². The van der Waals surface area contributed by atoms with E-state index in [9.17, 15) is 31.1 Å². The molecule has 0 bridgehead atoms. The molecule has 2 nitrogen and oxygen atoms in total. The van der Waals surface area contributed by atoms with Gasteiger partial charge < -0.3 is 4.98 Å². The summed E-state index contributed by atoms with van der Waals surface area (Å²) in [5.74, 6) is -1.90. The number of hydrogen-bond donors (Lipinski definition) is 1. The number of pyridine rings is 1. The van der Waals surface area contributed by atoms with E-state index >= 15 is 0 Å². The van der Waals surface area contributed by atoms with Crippen LogP contribution in [0.15, 0.2) is 10.9 Å². The van der Waals surface area contributed by atoms with Crippen molar-refractivity contribution in [2.45, 2.75) is 12.6 Å². The summed E-state index contributed by atoms with van der Waals surface area (Å²) in [6, 6.07) is -0.110. The molecule has 0 aliphatic rings. The SMILES string of the molecule is O=c1cc(C(F)(F)F)[nH]c(C(F)F)c1F. The second-order valence-corrected chi connectivity index (χ2v) is 2.57. The molecule has 0 aliphatic heterocycles. The maximum absolute atomic E-state index is 12.6. The molecule has 1 heterocycles. The lowest BCUT2D eigenvalue weighted by Crippen LogP contribution is -2.19. The average molecular weight is 231 g/mol. The second kappa shape index (κ2) is 3.59. The van der Waals surface area contributed by atoms with Gasteiger partial charge in [0.15, 0.2) is 5.82 Å². The Morgan fingerprint density at radius 2 is 1.80 bits per heavy atom. The van der Waals surface area contributed by atoms with Crippen molar-refractivity contribution in [2.75, 3.05) is 0 Å². The molecular weight excluding hydrogens is 228 g/mol. The van der Waals surface area contributed by atoms with Crippen LogP contribution in [0.4, 0.5) is 26.3 Å². The van der Waals surface area contributed by atoms with Crippen LogP contribution >= 0.6 is 0 Å². The van der Waals surface area contributed by atoms with E-state index < -0.39 is 35.2 Å². The summed E-state index contributed by atoms with van der Waals surface area (Å²) in [5, 5.41) is 0. The molecule has 0 unspecified atom stereocenters. The van der Waals surface area contributed by atoms with Gasteiger partial charge in [-0.2, -0.15) is 13.2 Å². The number of nitrogens with one attached hydrogen (secondary N) is 1. The fourth-order valence-corrected chi connectivity index (χ4v) is 0.866. The van der Waals surface area contributed by atoms with Crippen molar-refractivity contribution in [1.82, 2.24) is 4.98 Å². The van der Waals surface area contributed by atoms with Gasteiger partial charge in [-0.15, -0.1) is 0 Å². The van der Waals surface area contributed by atoms with Crippen molar-refractivity contribution in [1.29, 1.82) is 0 Å². The number of alkyl halides is 5. The van der Waals surface area contributed by atoms with Crippen LogP contribution < -0.4 is 5.43 Å². The summed E-state index contributed by atoms with van der Waals surface area (Å²) in [6.07, 6.45) is -8.52. The third-order valence-electron chi connectivity index (χ3n) is 1.52. The van der Waals surface area contributed by atoms with Crippen LogP contribution in [0, 0.1) is 5.82 Å². The maximum atomic E-state index is 12.6. The summed E-state index contributed by atoms with van der Waals surface area (Å²) in [6.45, 7) is 0. The Balaban J connectivity index is 3.43. The number of H-pyrrole nitrogens is 1. The first-order valence-corrected chi connectivity index (χ1v) is 3.51. The van der Waals surface area contributed by atoms with Gasteiger partial charge in [0.25, 0.3) is 6.43 Å². The normalized spacial score (nSPS) is 12.2. The molecule has 84 valence electrons. The van der Waals surface area contributed by atoms with Gasteiger partial charge >= 0.3 is 6.18 Å². The highest BCUT2D eigenvalue weighted by molar-refractivity contribution is 5.16. The minimum absolute atomic E-state index is 0.110. The Bertz CT molecular complexity index is 420. The summed E-state index contributed by atoms with van der Waals surface area (Å²) in [4.78, 5) is 11.7. The topological polar surface area (TPSA) is 32.9 Å². The van der Waals surface area contributed by atoms with Crippen molar-refractivity contribution in [2.24, 2.45) is 0 Å². The summed E-state index contributed by atoms with van der Waals surface area (Å²) in [5.41, 5.74) is -5.09. The van der Waals surface area contributed by atoms with Crippen LogP contribution in [-0.4, -0.2) is 4.98 Å². The fraction of sp³-hybridized carbons (Fsp3) is 0.286. The van der Waals surface area contributed by atoms with Gasteiger partial charge in [0.05, 0.1) is 0 Å². The third kappa shape index (κ3) is 2.31. The highest BCUT2D eigenvalue weighted by Gasteiger charge is 2.34. The summed E-state index contributed by atoms with van der Waals surface area (Å²) >= 11 is 0. The smallest absolute Gasteiger partial charge is 0.348 e. The number of aromatic nitrogens is 1. The Morgan fingerprint density at radius 3 is 2.20 bits per heavy atom. The minimum Gasteiger partial charge on any atom is -0.348 e. The first kappa shape index (κ1) is 11.6. The van der Waals surface area contributed by atoms with E-state index in [4.69, 9.17) is 0 Å². The lowest BCUT2D eigenvalue weighted by atomic mass is 10.2. The predicted molar refractivity (Wildman–Crippen MR) is 37.0 cm³/mol. The van der Waals surface area contributed by atoms with E-state index in [2.05, 4.69) is 0 Å². The van der Waals surface area contributed by atoms with E-state index in [0.29, 0.717) is 0 Å². The first-order chi connectivity index (χ1) is 6.73. The molecular formula is C7H3F6NO. The van der Waals surface area contributed by atoms with Gasteiger partial charge in [0, 0.05) is 6.07 Å². The highest BCUT2D eigenvalue weighted by atomic mass is 19.4. The molecule has 1 aromatic heterocycles. The Kier molecular flexibility index (Phi) is 2.78. The average Bonchev–Trinajstić information content (AvgIpc) is 2.06. The molecule has 0 aromatic carbocycles. The molecule has 0 saturated carbocycles. The number of hydrogen-bond acceptors (Lipinski definition) is 1. The fourth-order valence-electron chi connectivity index (χ4n) is 0.866. The molecule has 8 heteroatoms. The zero-order chi connectivity index (χ0) is 11.8. The Morgan fingerprint density at radius 1 is 1.27 bits per heavy atom. The highest BCUT2D eigenvalue weighted by Crippen LogP contribution is 2.28. The monoisotopic (exact) mass is 231 g/mol. The molecule has 15 heavy (non-hydrogen) atoms. The van der Waals surface area contributed by atoms with Crippen LogP contribution in [0.25, 0.3) is 0 Å². The molecule has 1 rings (SSSR count). The van der Waals surface area contributed by atoms with E-state index in [0.717, 1.165) is 4.98 Å². The number of aromatic amines is 1. The van der Waals surface area contributed by atoms with Gasteiger partial charge in [0.2, 0.25) is 5.43 Å². The van der Waals surface area contributed by atoms with Crippen molar-refractivity contribution in [3.8, 4) is 0 Å². The Hall–Kier alpha value is -1.47. The lowest BCUT2D eigenvalue weighted by molar-refractivity contribution is -0.141. The van der Waals surface area contributed by atoms with Crippen LogP contribution in [0.5, 0.6) is 0 Å². The molecule has 0 saturated heterocycles. The quantitative estimate of drug-likeness (QED) is 0.740. The first-order valence-electron chi connectivity index (χ1n) is 3.51. The minimum atomic E-state index is -5.00. The molecule has 1 aromatic rings. The Labute approximate surface area is 78.5 Å². The van der Waals surface area contributed by atoms with Crippen molar-refractivity contribution in [3.05, 3.63) is 33.5 Å². The summed E-state index contributed by atoms with van der Waals surface area (Å²) in [7, 11) is 0. The molecule has 0 spiro atoms. The zero-order valence-electron chi connectivity index (χ0n) is 6.83. The van der Waals surface area contributed by atoms with Gasteiger partial charge in [0.1, 0.15) is 11.4 Å². The van der Waals surface area contributed by atoms with Gasteiger partial charge in [-0.3, -0.25) is 4.79 Å². The molecule has 0 fully saturated rings. The van der Waals surface area contributed by atoms with Crippen molar-refractivity contribution in [3.63, 3.8) is 0 Å². The number of halogens is 6. The molecule has 0 amide bonds. The van der Waals surface area contributed by atoms with Crippen LogP contribution in [0.2, 0.25) is 0 Å². The van der Waals surface area contributed by atoms with Gasteiger partial charge in [-0.1, -0.05) is 0 Å². The van der Waals surface area contributed by atoms with E-state index in [1.54, 1.807) is 0 Å². The second-order valence-electron chi connectivity index (χ2n) is 2.57. The van der Waals surface area contributed by atoms with Crippen LogP contribution in [0.3, 0.4) is 0 Å².